The fourth-order valence-electron chi connectivity index (χ4n) is 4.22. The van der Waals surface area contributed by atoms with Crippen LogP contribution in [0.2, 0.25) is 0 Å². The Kier molecular flexibility index (Phi) is 5.79. The highest BCUT2D eigenvalue weighted by molar-refractivity contribution is 6.05. The molecule has 1 aromatic carbocycles. The Balaban J connectivity index is 1.47. The van der Waals surface area contributed by atoms with E-state index in [1.807, 2.05) is 49.2 Å². The maximum atomic E-state index is 13.2. The molecule has 30 heavy (non-hydrogen) atoms. The zero-order valence-corrected chi connectivity index (χ0v) is 17.5. The average molecular weight is 406 g/mol. The predicted molar refractivity (Wildman–Crippen MR) is 115 cm³/mol. The van der Waals surface area contributed by atoms with Crippen LogP contribution in [0.25, 0.3) is 10.8 Å². The molecule has 0 aliphatic carbocycles. The molecule has 7 nitrogen and oxygen atoms in total. The van der Waals surface area contributed by atoms with E-state index in [-0.39, 0.29) is 17.9 Å². The highest BCUT2D eigenvalue weighted by Gasteiger charge is 2.28. The number of pyridine rings is 1. The van der Waals surface area contributed by atoms with Gasteiger partial charge in [-0.1, -0.05) is 24.3 Å². The van der Waals surface area contributed by atoms with Gasteiger partial charge in [0.15, 0.2) is 0 Å². The molecule has 0 saturated carbocycles. The molecule has 4 rings (SSSR count). The van der Waals surface area contributed by atoms with Crippen LogP contribution >= 0.6 is 0 Å². The second-order valence-corrected chi connectivity index (χ2v) is 7.71. The fourth-order valence-corrected chi connectivity index (χ4v) is 4.22. The maximum absolute atomic E-state index is 13.2. The van der Waals surface area contributed by atoms with Gasteiger partial charge in [0.05, 0.1) is 0 Å². The number of fused-ring (bicyclic) bond motifs is 1. The first-order valence-electron chi connectivity index (χ1n) is 10.5. The van der Waals surface area contributed by atoms with Gasteiger partial charge in [-0.2, -0.15) is 5.10 Å². The van der Waals surface area contributed by atoms with E-state index in [0.717, 1.165) is 30.0 Å². The molecule has 3 aromatic rings. The molecule has 3 heterocycles. The number of aryl methyl sites for hydroxylation is 1. The summed E-state index contributed by atoms with van der Waals surface area (Å²) in [5.41, 5.74) is 1.11. The summed E-state index contributed by atoms with van der Waals surface area (Å²) >= 11 is 0. The lowest BCUT2D eigenvalue weighted by molar-refractivity contribution is 0.0704. The number of rotatable bonds is 4. The summed E-state index contributed by atoms with van der Waals surface area (Å²) in [6.45, 7) is 3.96. The van der Waals surface area contributed by atoms with Crippen molar-refractivity contribution in [2.24, 2.45) is 0 Å². The summed E-state index contributed by atoms with van der Waals surface area (Å²) in [6.07, 6.45) is 5.83. The summed E-state index contributed by atoms with van der Waals surface area (Å²) in [6, 6.07) is 11.6. The van der Waals surface area contributed by atoms with Crippen LogP contribution in [0.1, 0.15) is 47.2 Å². The van der Waals surface area contributed by atoms with Crippen molar-refractivity contribution >= 4 is 22.6 Å². The van der Waals surface area contributed by atoms with Gasteiger partial charge in [0.2, 0.25) is 0 Å². The third-order valence-corrected chi connectivity index (χ3v) is 5.96. The molecule has 1 aliphatic rings. The molecule has 0 radical (unpaired) electrons. The molecule has 1 fully saturated rings. The van der Waals surface area contributed by atoms with Crippen LogP contribution in [-0.4, -0.2) is 62.6 Å². The number of carbonyl (C=O) groups excluding carboxylic acids is 2. The number of aromatic nitrogens is 3. The second kappa shape index (κ2) is 8.65. The second-order valence-electron chi connectivity index (χ2n) is 7.71. The van der Waals surface area contributed by atoms with Crippen molar-refractivity contribution in [3.8, 4) is 0 Å². The monoisotopic (exact) mass is 405 g/mol. The number of likely N-dealkylation sites (tertiary alicyclic amines) is 1. The number of hydrogen-bond acceptors (Lipinski definition) is 4. The Morgan fingerprint density at radius 1 is 1.10 bits per heavy atom. The molecule has 0 bridgehead atoms. The van der Waals surface area contributed by atoms with Crippen LogP contribution < -0.4 is 0 Å². The van der Waals surface area contributed by atoms with Crippen LogP contribution in [0, 0.1) is 0 Å². The summed E-state index contributed by atoms with van der Waals surface area (Å²) in [7, 11) is 1.85. The first-order valence-corrected chi connectivity index (χ1v) is 10.5. The van der Waals surface area contributed by atoms with Gasteiger partial charge in [-0.25, -0.2) is 0 Å². The Morgan fingerprint density at radius 3 is 2.77 bits per heavy atom. The SMILES string of the molecule is CCn1nccc1C(=O)N1CCCC(N(C)C(=O)c2nccc3ccccc23)CC1. The van der Waals surface area contributed by atoms with Gasteiger partial charge in [0, 0.05) is 50.5 Å². The van der Waals surface area contributed by atoms with Crippen LogP contribution in [-0.2, 0) is 6.54 Å². The van der Waals surface area contributed by atoms with Crippen molar-refractivity contribution in [1.29, 1.82) is 0 Å². The third kappa shape index (κ3) is 3.79. The molecular formula is C23H27N5O2. The van der Waals surface area contributed by atoms with Crippen LogP contribution in [0.3, 0.4) is 0 Å². The molecule has 2 aromatic heterocycles. The molecule has 2 amide bonds. The van der Waals surface area contributed by atoms with Gasteiger partial charge >= 0.3 is 0 Å². The average Bonchev–Trinajstić information content (AvgIpc) is 3.13. The lowest BCUT2D eigenvalue weighted by Gasteiger charge is -2.27. The van der Waals surface area contributed by atoms with Crippen molar-refractivity contribution in [2.45, 2.75) is 38.8 Å². The van der Waals surface area contributed by atoms with Crippen LogP contribution in [0.5, 0.6) is 0 Å². The minimum absolute atomic E-state index is 0.0136. The Hall–Kier alpha value is -3.22. The van der Waals surface area contributed by atoms with E-state index >= 15 is 0 Å². The van der Waals surface area contributed by atoms with Gasteiger partial charge < -0.3 is 9.80 Å². The van der Waals surface area contributed by atoms with E-state index in [0.29, 0.717) is 31.0 Å². The van der Waals surface area contributed by atoms with E-state index < -0.39 is 0 Å². The summed E-state index contributed by atoms with van der Waals surface area (Å²) in [4.78, 5) is 34.2. The number of amides is 2. The number of hydrogen-bond donors (Lipinski definition) is 0. The minimum atomic E-state index is -0.0689. The molecule has 1 saturated heterocycles. The Labute approximate surface area is 176 Å². The van der Waals surface area contributed by atoms with Gasteiger partial charge in [-0.3, -0.25) is 19.3 Å². The first-order chi connectivity index (χ1) is 14.6. The van der Waals surface area contributed by atoms with Crippen molar-refractivity contribution in [3.63, 3.8) is 0 Å². The lowest BCUT2D eigenvalue weighted by atomic mass is 10.1. The van der Waals surface area contributed by atoms with E-state index in [9.17, 15) is 9.59 Å². The minimum Gasteiger partial charge on any atom is -0.337 e. The third-order valence-electron chi connectivity index (χ3n) is 5.96. The molecule has 156 valence electrons. The molecule has 0 spiro atoms. The van der Waals surface area contributed by atoms with Gasteiger partial charge in [0.1, 0.15) is 11.4 Å². The highest BCUT2D eigenvalue weighted by Crippen LogP contribution is 2.22. The van der Waals surface area contributed by atoms with E-state index in [2.05, 4.69) is 10.1 Å². The highest BCUT2D eigenvalue weighted by atomic mass is 16.2. The van der Waals surface area contributed by atoms with E-state index in [1.54, 1.807) is 28.0 Å². The van der Waals surface area contributed by atoms with Gasteiger partial charge in [-0.05, 0) is 43.7 Å². The fraction of sp³-hybridized carbons (Fsp3) is 0.391. The van der Waals surface area contributed by atoms with Crippen molar-refractivity contribution in [1.82, 2.24) is 24.6 Å². The summed E-state index contributed by atoms with van der Waals surface area (Å²) in [5.74, 6) is -0.0552. The number of nitrogens with zero attached hydrogens (tertiary/aromatic N) is 5. The number of carbonyl (C=O) groups is 2. The molecular weight excluding hydrogens is 378 g/mol. The maximum Gasteiger partial charge on any atom is 0.273 e. The van der Waals surface area contributed by atoms with Crippen molar-refractivity contribution in [2.75, 3.05) is 20.1 Å². The Bertz CT molecular complexity index is 1060. The van der Waals surface area contributed by atoms with Crippen molar-refractivity contribution in [3.05, 3.63) is 60.2 Å². The van der Waals surface area contributed by atoms with Crippen molar-refractivity contribution < 1.29 is 9.59 Å². The normalized spacial score (nSPS) is 17.0. The molecule has 1 unspecified atom stereocenters. The molecule has 1 atom stereocenters. The lowest BCUT2D eigenvalue weighted by Crippen LogP contribution is -2.39. The summed E-state index contributed by atoms with van der Waals surface area (Å²) < 4.78 is 1.73. The van der Waals surface area contributed by atoms with E-state index in [4.69, 9.17) is 0 Å². The standard InChI is InChI=1S/C23H27N5O2/c1-3-28-20(11-14-25-28)22(29)27-15-6-8-18(12-16-27)26(2)23(30)21-19-9-5-4-7-17(19)10-13-24-21/h4-5,7,9-11,13-14,18H,3,6,8,12,15-16H2,1-2H3. The Morgan fingerprint density at radius 2 is 1.93 bits per heavy atom. The van der Waals surface area contributed by atoms with E-state index in [1.165, 1.54) is 0 Å². The molecule has 1 aliphatic heterocycles. The number of benzene rings is 1. The largest absolute Gasteiger partial charge is 0.337 e. The molecule has 0 N–H and O–H groups in total. The smallest absolute Gasteiger partial charge is 0.273 e. The zero-order valence-electron chi connectivity index (χ0n) is 17.5. The van der Waals surface area contributed by atoms with Crippen LogP contribution in [0.15, 0.2) is 48.8 Å². The quantitative estimate of drug-likeness (QED) is 0.668. The predicted octanol–water partition coefficient (Wildman–Crippen LogP) is 3.22. The topological polar surface area (TPSA) is 71.3 Å². The first kappa shape index (κ1) is 20.1. The van der Waals surface area contributed by atoms with Crippen LogP contribution in [0.4, 0.5) is 0 Å². The summed E-state index contributed by atoms with van der Waals surface area (Å²) in [5, 5.41) is 6.09. The zero-order chi connectivity index (χ0) is 21.1. The molecule has 7 heteroatoms. The van der Waals surface area contributed by atoms with Gasteiger partial charge in [0.25, 0.3) is 11.8 Å². The van der Waals surface area contributed by atoms with Gasteiger partial charge in [-0.15, -0.1) is 0 Å².